The Morgan fingerprint density at radius 1 is 0.536 bits per heavy atom. The summed E-state index contributed by atoms with van der Waals surface area (Å²) in [6.45, 7) is 4.52. The maximum Gasteiger partial charge on any atom is 0.0877 e. The van der Waals surface area contributed by atoms with Gasteiger partial charge in [-0.25, -0.2) is 0 Å². The Morgan fingerprint density at radius 3 is 1.25 bits per heavy atom. The maximum atomic E-state index is 10.8. The molecule has 0 heterocycles. The van der Waals surface area contributed by atoms with Gasteiger partial charge in [0.15, 0.2) is 0 Å². The molecule has 2 rings (SSSR count). The number of hydrogen-bond donors (Lipinski definition) is 1. The largest absolute Gasteiger partial charge is 0.364 e. The number of hydrogen-bond acceptors (Lipinski definition) is 1. The monoisotopic (exact) mass is 398 g/mol. The molecule has 0 radical (unpaired) electrons. The van der Waals surface area contributed by atoms with E-state index in [0.717, 1.165) is 23.5 Å². The van der Waals surface area contributed by atoms with Crippen LogP contribution in [0.1, 0.15) is 89.2 Å². The van der Waals surface area contributed by atoms with Gasteiger partial charge >= 0.3 is 0 Å². The van der Waals surface area contributed by atoms with Gasteiger partial charge in [-0.3, -0.25) is 0 Å². The van der Waals surface area contributed by atoms with Crippen molar-refractivity contribution in [1.29, 1.82) is 0 Å². The first-order valence-corrected chi connectivity index (χ1v) is 12.7. The Kier molecular flexibility index (Phi) is 11.5. The Bertz CT molecular complexity index is 575. The fourth-order valence-electron chi connectivity index (χ4n) is 3.62. The summed E-state index contributed by atoms with van der Waals surface area (Å²) in [6, 6.07) is 17.3. The van der Waals surface area contributed by atoms with Crippen molar-refractivity contribution in [3.05, 3.63) is 59.7 Å². The first-order chi connectivity index (χ1) is 13.7. The van der Waals surface area contributed by atoms with Crippen LogP contribution in [0.2, 0.25) is 0 Å². The van der Waals surface area contributed by atoms with Crippen LogP contribution in [0.25, 0.3) is 0 Å². The fourth-order valence-corrected chi connectivity index (χ4v) is 4.78. The Hall–Kier alpha value is -1.17. The molecule has 0 unspecified atom stereocenters. The molecule has 0 saturated heterocycles. The topological polar surface area (TPSA) is 20.2 Å². The van der Waals surface area contributed by atoms with E-state index in [9.17, 15) is 4.89 Å². The molecule has 0 aliphatic heterocycles. The van der Waals surface area contributed by atoms with Gasteiger partial charge in [0.1, 0.15) is 0 Å². The van der Waals surface area contributed by atoms with E-state index in [1.807, 2.05) is 0 Å². The molecule has 154 valence electrons. The van der Waals surface area contributed by atoms with E-state index in [1.54, 1.807) is 0 Å². The average Bonchev–Trinajstić information content (AvgIpc) is 2.74. The molecule has 0 saturated carbocycles. The van der Waals surface area contributed by atoms with Crippen LogP contribution in [0.5, 0.6) is 0 Å². The molecule has 0 aliphatic carbocycles. The van der Waals surface area contributed by atoms with E-state index in [4.69, 9.17) is 0 Å². The molecule has 0 aromatic heterocycles. The SMILES string of the molecule is CCCCCCCc1ccc(P(O)c2ccc(CCCCCCC)cc2)cc1. The minimum absolute atomic E-state index is 1.05. The molecule has 0 bridgehead atoms. The maximum absolute atomic E-state index is 10.8. The lowest BCUT2D eigenvalue weighted by atomic mass is 10.1. The molecule has 0 aliphatic rings. The zero-order valence-electron chi connectivity index (χ0n) is 18.0. The van der Waals surface area contributed by atoms with Crippen molar-refractivity contribution in [2.45, 2.75) is 90.9 Å². The number of aryl methyl sites for hydroxylation is 2. The minimum Gasteiger partial charge on any atom is -0.364 e. The van der Waals surface area contributed by atoms with Gasteiger partial charge in [-0.05, 0) is 36.8 Å². The first kappa shape index (κ1) is 23.1. The fraction of sp³-hybridized carbons (Fsp3) is 0.538. The van der Waals surface area contributed by atoms with Crippen LogP contribution >= 0.6 is 8.15 Å². The van der Waals surface area contributed by atoms with Gasteiger partial charge in [0.05, 0.1) is 8.15 Å². The lowest BCUT2D eigenvalue weighted by Crippen LogP contribution is -2.11. The second-order valence-corrected chi connectivity index (χ2v) is 9.63. The molecule has 0 atom stereocenters. The molecule has 2 aromatic carbocycles. The van der Waals surface area contributed by atoms with Crippen LogP contribution < -0.4 is 10.6 Å². The van der Waals surface area contributed by atoms with Crippen molar-refractivity contribution < 1.29 is 4.89 Å². The van der Waals surface area contributed by atoms with Gasteiger partial charge < -0.3 is 4.89 Å². The van der Waals surface area contributed by atoms with Gasteiger partial charge in [0, 0.05) is 10.6 Å². The predicted octanol–water partition coefficient (Wildman–Crippen LogP) is 7.05. The van der Waals surface area contributed by atoms with Crippen molar-refractivity contribution >= 4 is 18.8 Å². The highest BCUT2D eigenvalue weighted by molar-refractivity contribution is 7.67. The molecule has 2 aromatic rings. The Labute approximate surface area is 174 Å². The van der Waals surface area contributed by atoms with E-state index in [0.29, 0.717) is 0 Å². The molecule has 0 amide bonds. The summed E-state index contributed by atoms with van der Waals surface area (Å²) in [4.78, 5) is 10.8. The summed E-state index contributed by atoms with van der Waals surface area (Å²) >= 11 is 0. The first-order valence-electron chi connectivity index (χ1n) is 11.4. The Morgan fingerprint density at radius 2 is 0.893 bits per heavy atom. The summed E-state index contributed by atoms with van der Waals surface area (Å²) in [5.74, 6) is 0. The average molecular weight is 399 g/mol. The summed E-state index contributed by atoms with van der Waals surface area (Å²) in [6.07, 6.45) is 15.5. The summed E-state index contributed by atoms with van der Waals surface area (Å²) in [7, 11) is -1.24. The molecule has 1 nitrogen and oxygen atoms in total. The molecule has 0 spiro atoms. The van der Waals surface area contributed by atoms with Crippen LogP contribution in [0.4, 0.5) is 0 Å². The molecule has 1 N–H and O–H groups in total. The zero-order valence-corrected chi connectivity index (χ0v) is 18.9. The van der Waals surface area contributed by atoms with Crippen LogP contribution in [0, 0.1) is 0 Å². The van der Waals surface area contributed by atoms with Crippen molar-refractivity contribution in [1.82, 2.24) is 0 Å². The van der Waals surface area contributed by atoms with Crippen molar-refractivity contribution in [2.24, 2.45) is 0 Å². The van der Waals surface area contributed by atoms with Crippen molar-refractivity contribution in [3.63, 3.8) is 0 Å². The zero-order chi connectivity index (χ0) is 20.0. The highest BCUT2D eigenvalue weighted by Gasteiger charge is 2.10. The van der Waals surface area contributed by atoms with Gasteiger partial charge in [-0.1, -0.05) is 114 Å². The van der Waals surface area contributed by atoms with Crippen LogP contribution in [-0.2, 0) is 12.8 Å². The Balaban J connectivity index is 1.79. The molecular weight excluding hydrogens is 359 g/mol. The van der Waals surface area contributed by atoms with Gasteiger partial charge in [-0.2, -0.15) is 0 Å². The number of benzene rings is 2. The summed E-state index contributed by atoms with van der Waals surface area (Å²) in [5.41, 5.74) is 2.78. The summed E-state index contributed by atoms with van der Waals surface area (Å²) in [5, 5.41) is 2.11. The number of rotatable bonds is 14. The van der Waals surface area contributed by atoms with Gasteiger partial charge in [0.2, 0.25) is 0 Å². The predicted molar refractivity (Wildman–Crippen MR) is 126 cm³/mol. The lowest BCUT2D eigenvalue weighted by molar-refractivity contribution is 0.632. The third kappa shape index (κ3) is 8.46. The normalized spacial score (nSPS) is 11.3. The van der Waals surface area contributed by atoms with Crippen LogP contribution in [0.3, 0.4) is 0 Å². The van der Waals surface area contributed by atoms with E-state index in [-0.39, 0.29) is 0 Å². The van der Waals surface area contributed by atoms with Gasteiger partial charge in [0.25, 0.3) is 0 Å². The highest BCUT2D eigenvalue weighted by atomic mass is 31.1. The highest BCUT2D eigenvalue weighted by Crippen LogP contribution is 2.28. The molecular formula is C26H39OP. The van der Waals surface area contributed by atoms with Crippen LogP contribution in [-0.4, -0.2) is 4.89 Å². The quantitative estimate of drug-likeness (QED) is 0.267. The van der Waals surface area contributed by atoms with Gasteiger partial charge in [-0.15, -0.1) is 0 Å². The number of unbranched alkanes of at least 4 members (excludes halogenated alkanes) is 8. The van der Waals surface area contributed by atoms with E-state index in [2.05, 4.69) is 62.4 Å². The van der Waals surface area contributed by atoms with E-state index >= 15 is 0 Å². The smallest absolute Gasteiger partial charge is 0.0877 e. The third-order valence-electron chi connectivity index (χ3n) is 5.50. The second kappa shape index (κ2) is 13.9. The molecule has 28 heavy (non-hydrogen) atoms. The second-order valence-electron chi connectivity index (χ2n) is 7.97. The molecule has 2 heteroatoms. The minimum atomic E-state index is -1.24. The van der Waals surface area contributed by atoms with E-state index in [1.165, 1.54) is 75.3 Å². The lowest BCUT2D eigenvalue weighted by Gasteiger charge is -2.13. The third-order valence-corrected chi connectivity index (χ3v) is 7.07. The summed E-state index contributed by atoms with van der Waals surface area (Å²) < 4.78 is 0. The van der Waals surface area contributed by atoms with E-state index < -0.39 is 8.15 Å². The standard InChI is InChI=1S/C26H39OP/c1-3-5-7-9-11-13-23-15-19-25(20-16-23)28(27)26-21-17-24(18-22-26)14-12-10-8-6-4-2/h15-22,27H,3-14H2,1-2H3. The molecule has 0 fully saturated rings. The van der Waals surface area contributed by atoms with Crippen molar-refractivity contribution in [3.8, 4) is 0 Å². The van der Waals surface area contributed by atoms with Crippen LogP contribution in [0.15, 0.2) is 48.5 Å². The van der Waals surface area contributed by atoms with Crippen molar-refractivity contribution in [2.75, 3.05) is 0 Å².